The van der Waals surface area contributed by atoms with Gasteiger partial charge in [0, 0.05) is 44.8 Å². The predicted octanol–water partition coefficient (Wildman–Crippen LogP) is 2.25. The molecule has 0 unspecified atom stereocenters. The zero-order chi connectivity index (χ0) is 20.5. The summed E-state index contributed by atoms with van der Waals surface area (Å²) >= 11 is 0. The SMILES string of the molecule is CCN1CC(NC(=O)Cc2cccc(CC(C)C)c2OCCCO)CN1CC. The minimum atomic E-state index is 0.0349. The Morgan fingerprint density at radius 2 is 1.86 bits per heavy atom. The van der Waals surface area contributed by atoms with E-state index in [2.05, 4.69) is 49.1 Å². The van der Waals surface area contributed by atoms with Crippen LogP contribution in [0.25, 0.3) is 0 Å². The maximum Gasteiger partial charge on any atom is 0.224 e. The minimum Gasteiger partial charge on any atom is -0.493 e. The quantitative estimate of drug-likeness (QED) is 0.567. The smallest absolute Gasteiger partial charge is 0.224 e. The van der Waals surface area contributed by atoms with E-state index in [0.717, 1.165) is 49.5 Å². The fourth-order valence-corrected chi connectivity index (χ4v) is 3.80. The van der Waals surface area contributed by atoms with Gasteiger partial charge in [0.1, 0.15) is 5.75 Å². The van der Waals surface area contributed by atoms with Crippen molar-refractivity contribution in [2.24, 2.45) is 5.92 Å². The van der Waals surface area contributed by atoms with Crippen LogP contribution in [-0.4, -0.2) is 66.5 Å². The highest BCUT2D eigenvalue weighted by atomic mass is 16.5. The highest BCUT2D eigenvalue weighted by Crippen LogP contribution is 2.27. The van der Waals surface area contributed by atoms with Crippen LogP contribution in [0.1, 0.15) is 45.2 Å². The number of amides is 1. The van der Waals surface area contributed by atoms with Crippen molar-refractivity contribution < 1.29 is 14.6 Å². The molecule has 2 rings (SSSR count). The van der Waals surface area contributed by atoms with E-state index in [0.29, 0.717) is 25.4 Å². The van der Waals surface area contributed by atoms with Crippen molar-refractivity contribution in [2.45, 2.75) is 53.0 Å². The number of hydrogen-bond acceptors (Lipinski definition) is 5. The van der Waals surface area contributed by atoms with Crippen LogP contribution in [0.2, 0.25) is 0 Å². The Balaban J connectivity index is 2.05. The molecule has 0 spiro atoms. The summed E-state index contributed by atoms with van der Waals surface area (Å²) in [6.07, 6.45) is 1.81. The Bertz CT molecular complexity index is 609. The Morgan fingerprint density at radius 1 is 1.21 bits per heavy atom. The van der Waals surface area contributed by atoms with Crippen LogP contribution < -0.4 is 10.1 Å². The lowest BCUT2D eigenvalue weighted by Gasteiger charge is -2.24. The van der Waals surface area contributed by atoms with E-state index in [1.807, 2.05) is 12.1 Å². The molecule has 28 heavy (non-hydrogen) atoms. The molecule has 0 bridgehead atoms. The molecule has 1 aliphatic heterocycles. The van der Waals surface area contributed by atoms with Crippen LogP contribution in [0.5, 0.6) is 5.75 Å². The summed E-state index contributed by atoms with van der Waals surface area (Å²) in [7, 11) is 0. The average Bonchev–Trinajstić information content (AvgIpc) is 3.05. The van der Waals surface area contributed by atoms with E-state index >= 15 is 0 Å². The number of carbonyl (C=O) groups is 1. The van der Waals surface area contributed by atoms with Crippen LogP contribution >= 0.6 is 0 Å². The lowest BCUT2D eigenvalue weighted by Crippen LogP contribution is -2.39. The van der Waals surface area contributed by atoms with Crippen LogP contribution in [0, 0.1) is 5.92 Å². The third kappa shape index (κ3) is 6.47. The number of ether oxygens (including phenoxy) is 1. The fourth-order valence-electron chi connectivity index (χ4n) is 3.80. The number of aliphatic hydroxyl groups excluding tert-OH is 1. The molecule has 1 aromatic carbocycles. The lowest BCUT2D eigenvalue weighted by molar-refractivity contribution is -0.121. The molecule has 158 valence electrons. The van der Waals surface area contributed by atoms with E-state index in [1.165, 1.54) is 0 Å². The van der Waals surface area contributed by atoms with Gasteiger partial charge in [0.15, 0.2) is 0 Å². The molecule has 0 aromatic heterocycles. The molecule has 2 N–H and O–H groups in total. The van der Waals surface area contributed by atoms with Gasteiger partial charge in [-0.25, -0.2) is 10.0 Å². The third-order valence-corrected chi connectivity index (χ3v) is 5.06. The summed E-state index contributed by atoms with van der Waals surface area (Å²) in [5.74, 6) is 1.35. The van der Waals surface area contributed by atoms with E-state index < -0.39 is 0 Å². The van der Waals surface area contributed by atoms with Gasteiger partial charge in [-0.05, 0) is 17.9 Å². The number of aliphatic hydroxyl groups is 1. The molecule has 0 saturated carbocycles. The number of para-hydroxylation sites is 1. The second-order valence-electron chi connectivity index (χ2n) is 7.88. The van der Waals surface area contributed by atoms with Gasteiger partial charge >= 0.3 is 0 Å². The molecule has 1 saturated heterocycles. The second kappa shape index (κ2) is 11.4. The highest BCUT2D eigenvalue weighted by Gasteiger charge is 2.29. The number of carbonyl (C=O) groups excluding carboxylic acids is 1. The largest absolute Gasteiger partial charge is 0.493 e. The Kier molecular flexibility index (Phi) is 9.22. The number of likely N-dealkylation sites (N-methyl/N-ethyl adjacent to an activating group) is 2. The van der Waals surface area contributed by atoms with E-state index in [-0.39, 0.29) is 18.6 Å². The van der Waals surface area contributed by atoms with E-state index in [9.17, 15) is 4.79 Å². The van der Waals surface area contributed by atoms with Crippen molar-refractivity contribution in [2.75, 3.05) is 39.4 Å². The van der Waals surface area contributed by atoms with Gasteiger partial charge in [0.05, 0.1) is 19.1 Å². The maximum absolute atomic E-state index is 12.7. The molecular weight excluding hydrogens is 354 g/mol. The zero-order valence-corrected chi connectivity index (χ0v) is 17.9. The average molecular weight is 392 g/mol. The van der Waals surface area contributed by atoms with Gasteiger partial charge < -0.3 is 15.2 Å². The van der Waals surface area contributed by atoms with Gasteiger partial charge in [-0.1, -0.05) is 45.9 Å². The second-order valence-corrected chi connectivity index (χ2v) is 7.88. The van der Waals surface area contributed by atoms with Gasteiger partial charge in [-0.2, -0.15) is 0 Å². The summed E-state index contributed by atoms with van der Waals surface area (Å²) in [6.45, 7) is 12.8. The number of hydrazine groups is 1. The standard InChI is InChI=1S/C22H37N3O3/c1-5-24-15-20(16-25(24)6-2)23-21(27)14-19-10-7-9-18(13-17(3)4)22(19)28-12-8-11-26/h7,9-10,17,20,26H,5-6,8,11-16H2,1-4H3,(H,23,27). The summed E-state index contributed by atoms with van der Waals surface area (Å²) in [5, 5.41) is 16.8. The van der Waals surface area contributed by atoms with Crippen LogP contribution in [0.3, 0.4) is 0 Å². The molecular formula is C22H37N3O3. The van der Waals surface area contributed by atoms with E-state index in [1.54, 1.807) is 0 Å². The maximum atomic E-state index is 12.7. The Morgan fingerprint density at radius 3 is 2.43 bits per heavy atom. The molecule has 1 amide bonds. The summed E-state index contributed by atoms with van der Waals surface area (Å²) in [4.78, 5) is 12.7. The van der Waals surface area contributed by atoms with Crippen molar-refractivity contribution in [1.29, 1.82) is 0 Å². The predicted molar refractivity (Wildman–Crippen MR) is 112 cm³/mol. The van der Waals surface area contributed by atoms with Gasteiger partial charge in [0.2, 0.25) is 5.91 Å². The van der Waals surface area contributed by atoms with Crippen molar-refractivity contribution in [3.8, 4) is 5.75 Å². The lowest BCUT2D eigenvalue weighted by atomic mass is 9.98. The van der Waals surface area contributed by atoms with Crippen molar-refractivity contribution in [1.82, 2.24) is 15.3 Å². The van der Waals surface area contributed by atoms with Crippen molar-refractivity contribution in [3.63, 3.8) is 0 Å². The number of nitrogens with one attached hydrogen (secondary N) is 1. The topological polar surface area (TPSA) is 65.0 Å². The van der Waals surface area contributed by atoms with Crippen molar-refractivity contribution >= 4 is 5.91 Å². The Hall–Kier alpha value is -1.63. The number of rotatable bonds is 11. The summed E-state index contributed by atoms with van der Waals surface area (Å²) < 4.78 is 5.99. The minimum absolute atomic E-state index is 0.0349. The van der Waals surface area contributed by atoms with Crippen LogP contribution in [-0.2, 0) is 17.6 Å². The van der Waals surface area contributed by atoms with Gasteiger partial charge in [-0.3, -0.25) is 4.79 Å². The van der Waals surface area contributed by atoms with Crippen molar-refractivity contribution in [3.05, 3.63) is 29.3 Å². The van der Waals surface area contributed by atoms with Crippen LogP contribution in [0.15, 0.2) is 18.2 Å². The highest BCUT2D eigenvalue weighted by molar-refractivity contribution is 5.80. The number of nitrogens with zero attached hydrogens (tertiary/aromatic N) is 2. The number of hydrogen-bond donors (Lipinski definition) is 2. The first kappa shape index (κ1) is 22.7. The fraction of sp³-hybridized carbons (Fsp3) is 0.682. The molecule has 0 radical (unpaired) electrons. The molecule has 0 aliphatic carbocycles. The number of benzene rings is 1. The first-order valence-electron chi connectivity index (χ1n) is 10.6. The first-order valence-corrected chi connectivity index (χ1v) is 10.6. The normalized spacial score (nSPS) is 16.1. The van der Waals surface area contributed by atoms with Gasteiger partial charge in [0.25, 0.3) is 0 Å². The third-order valence-electron chi connectivity index (χ3n) is 5.06. The van der Waals surface area contributed by atoms with E-state index in [4.69, 9.17) is 9.84 Å². The molecule has 1 heterocycles. The monoisotopic (exact) mass is 391 g/mol. The summed E-state index contributed by atoms with van der Waals surface area (Å²) in [5.41, 5.74) is 2.06. The van der Waals surface area contributed by atoms with Crippen LogP contribution in [0.4, 0.5) is 0 Å². The zero-order valence-electron chi connectivity index (χ0n) is 17.9. The Labute approximate surface area is 169 Å². The molecule has 6 nitrogen and oxygen atoms in total. The first-order chi connectivity index (χ1) is 13.5. The summed E-state index contributed by atoms with van der Waals surface area (Å²) in [6, 6.07) is 6.21. The molecule has 1 aliphatic rings. The molecule has 1 aromatic rings. The van der Waals surface area contributed by atoms with Gasteiger partial charge in [-0.15, -0.1) is 0 Å². The molecule has 1 fully saturated rings. The molecule has 6 heteroatoms. The molecule has 0 atom stereocenters.